The van der Waals surface area contributed by atoms with Gasteiger partial charge in [0, 0.05) is 23.3 Å². The van der Waals surface area contributed by atoms with Crippen LogP contribution in [0.25, 0.3) is 0 Å². The second-order valence-electron chi connectivity index (χ2n) is 3.55. The molecular formula is C11H12N4O2S. The van der Waals surface area contributed by atoms with Crippen LogP contribution in [0.5, 0.6) is 5.75 Å². The van der Waals surface area contributed by atoms with E-state index in [2.05, 4.69) is 14.7 Å². The zero-order chi connectivity index (χ0) is 13.1. The number of aryl methyl sites for hydroxylation is 1. The number of nitrogens with one attached hydrogen (secondary N) is 1. The van der Waals surface area contributed by atoms with E-state index in [0.29, 0.717) is 28.0 Å². The van der Waals surface area contributed by atoms with Crippen LogP contribution in [-0.2, 0) is 0 Å². The van der Waals surface area contributed by atoms with Gasteiger partial charge in [0.15, 0.2) is 0 Å². The van der Waals surface area contributed by atoms with Gasteiger partial charge in [0.25, 0.3) is 5.91 Å². The van der Waals surface area contributed by atoms with E-state index >= 15 is 0 Å². The molecule has 0 saturated heterocycles. The highest BCUT2D eigenvalue weighted by atomic mass is 32.1. The Balaban J connectivity index is 2.18. The number of carbonyl (C=O) groups is 1. The Morgan fingerprint density at radius 2 is 2.28 bits per heavy atom. The summed E-state index contributed by atoms with van der Waals surface area (Å²) < 4.78 is 9.00. The van der Waals surface area contributed by atoms with Crippen LogP contribution in [0.3, 0.4) is 0 Å². The van der Waals surface area contributed by atoms with Crippen molar-refractivity contribution in [2.75, 3.05) is 18.2 Å². The van der Waals surface area contributed by atoms with Gasteiger partial charge in [-0.25, -0.2) is 4.98 Å². The molecule has 2 aromatic rings. The molecule has 0 fully saturated rings. The fourth-order valence-electron chi connectivity index (χ4n) is 1.39. The normalized spacial score (nSPS) is 10.1. The molecule has 0 radical (unpaired) electrons. The van der Waals surface area contributed by atoms with Crippen molar-refractivity contribution in [2.45, 2.75) is 6.92 Å². The standard InChI is InChI=1S/C11H12N4O2S/c1-6-13-11(18-15-6)14-10(16)8-4-3-7(17-2)5-9(8)12/h3-5H,12H2,1-2H3,(H,13,14,15,16). The number of nitrogen functional groups attached to an aromatic ring is 1. The summed E-state index contributed by atoms with van der Waals surface area (Å²) in [6.07, 6.45) is 0. The van der Waals surface area contributed by atoms with Crippen molar-refractivity contribution in [1.82, 2.24) is 9.36 Å². The lowest BCUT2D eigenvalue weighted by Crippen LogP contribution is -2.13. The monoisotopic (exact) mass is 264 g/mol. The average molecular weight is 264 g/mol. The Bertz CT molecular complexity index is 582. The average Bonchev–Trinajstić information content (AvgIpc) is 2.74. The lowest BCUT2D eigenvalue weighted by Gasteiger charge is -2.06. The number of ether oxygens (including phenoxy) is 1. The predicted molar refractivity (Wildman–Crippen MR) is 70.0 cm³/mol. The minimum Gasteiger partial charge on any atom is -0.497 e. The molecule has 94 valence electrons. The van der Waals surface area contributed by atoms with Crippen molar-refractivity contribution in [1.29, 1.82) is 0 Å². The zero-order valence-corrected chi connectivity index (χ0v) is 10.7. The molecule has 18 heavy (non-hydrogen) atoms. The third-order valence-electron chi connectivity index (χ3n) is 2.25. The zero-order valence-electron chi connectivity index (χ0n) is 9.93. The van der Waals surface area contributed by atoms with Crippen LogP contribution in [0.2, 0.25) is 0 Å². The molecule has 1 heterocycles. The molecule has 0 bridgehead atoms. The highest BCUT2D eigenvalue weighted by molar-refractivity contribution is 7.09. The number of hydrogen-bond donors (Lipinski definition) is 2. The van der Waals surface area contributed by atoms with Gasteiger partial charge in [0.05, 0.1) is 12.7 Å². The lowest BCUT2D eigenvalue weighted by molar-refractivity contribution is 0.102. The molecule has 1 aromatic carbocycles. The SMILES string of the molecule is COc1ccc(C(=O)Nc2nc(C)ns2)c(N)c1. The van der Waals surface area contributed by atoms with Crippen molar-refractivity contribution >= 4 is 28.3 Å². The molecule has 6 nitrogen and oxygen atoms in total. The first-order valence-corrected chi connectivity index (χ1v) is 5.92. The van der Waals surface area contributed by atoms with Crippen molar-refractivity contribution in [3.05, 3.63) is 29.6 Å². The second-order valence-corrected chi connectivity index (χ2v) is 4.31. The summed E-state index contributed by atoms with van der Waals surface area (Å²) in [7, 11) is 1.54. The fourth-order valence-corrected chi connectivity index (χ4v) is 1.96. The van der Waals surface area contributed by atoms with E-state index in [1.807, 2.05) is 0 Å². The molecule has 7 heteroatoms. The van der Waals surface area contributed by atoms with Crippen LogP contribution >= 0.6 is 11.5 Å². The number of aromatic nitrogens is 2. The Kier molecular flexibility index (Phi) is 3.42. The Hall–Kier alpha value is -2.15. The topological polar surface area (TPSA) is 90.1 Å². The third kappa shape index (κ3) is 2.57. The summed E-state index contributed by atoms with van der Waals surface area (Å²) in [6.45, 7) is 1.76. The molecular weight excluding hydrogens is 252 g/mol. The van der Waals surface area contributed by atoms with Gasteiger partial charge in [0.1, 0.15) is 11.6 Å². The summed E-state index contributed by atoms with van der Waals surface area (Å²) >= 11 is 1.13. The lowest BCUT2D eigenvalue weighted by atomic mass is 10.1. The van der Waals surface area contributed by atoms with Crippen molar-refractivity contribution in [3.63, 3.8) is 0 Å². The fraction of sp³-hybridized carbons (Fsp3) is 0.182. The number of amides is 1. The number of carbonyl (C=O) groups excluding carboxylic acids is 1. The summed E-state index contributed by atoms with van der Waals surface area (Å²) in [5, 5.41) is 3.09. The van der Waals surface area contributed by atoms with Gasteiger partial charge >= 0.3 is 0 Å². The van der Waals surface area contributed by atoms with Gasteiger partial charge in [-0.05, 0) is 19.1 Å². The number of rotatable bonds is 3. The van der Waals surface area contributed by atoms with E-state index in [9.17, 15) is 4.79 Å². The first-order valence-electron chi connectivity index (χ1n) is 5.15. The third-order valence-corrected chi connectivity index (χ3v) is 2.97. The molecule has 0 unspecified atom stereocenters. The van der Waals surface area contributed by atoms with Gasteiger partial charge in [-0.2, -0.15) is 4.37 Å². The van der Waals surface area contributed by atoms with Crippen molar-refractivity contribution in [2.24, 2.45) is 0 Å². The van der Waals surface area contributed by atoms with Crippen molar-refractivity contribution in [3.8, 4) is 5.75 Å². The van der Waals surface area contributed by atoms with Gasteiger partial charge in [-0.1, -0.05) is 0 Å². The molecule has 1 aromatic heterocycles. The molecule has 3 N–H and O–H groups in total. The molecule has 1 amide bonds. The summed E-state index contributed by atoms with van der Waals surface area (Å²) in [6, 6.07) is 4.88. The van der Waals surface area contributed by atoms with E-state index in [0.717, 1.165) is 11.5 Å². The van der Waals surface area contributed by atoms with E-state index in [1.165, 1.54) is 0 Å². The van der Waals surface area contributed by atoms with Crippen LogP contribution in [0.15, 0.2) is 18.2 Å². The van der Waals surface area contributed by atoms with Crippen molar-refractivity contribution < 1.29 is 9.53 Å². The minimum atomic E-state index is -0.314. The molecule has 0 aliphatic carbocycles. The van der Waals surface area contributed by atoms with E-state index < -0.39 is 0 Å². The number of nitrogens with zero attached hydrogens (tertiary/aromatic N) is 2. The first kappa shape index (κ1) is 12.3. The van der Waals surface area contributed by atoms with E-state index in [-0.39, 0.29) is 5.91 Å². The highest BCUT2D eigenvalue weighted by Crippen LogP contribution is 2.21. The summed E-state index contributed by atoms with van der Waals surface area (Å²) in [5.74, 6) is 0.917. The molecule has 0 atom stereocenters. The molecule has 0 aliphatic rings. The number of methoxy groups -OCH3 is 1. The predicted octanol–water partition coefficient (Wildman–Crippen LogP) is 1.69. The summed E-state index contributed by atoms with van der Waals surface area (Å²) in [5.41, 5.74) is 6.52. The minimum absolute atomic E-state index is 0.314. The molecule has 0 spiro atoms. The summed E-state index contributed by atoms with van der Waals surface area (Å²) in [4.78, 5) is 16.0. The number of hydrogen-bond acceptors (Lipinski definition) is 6. The smallest absolute Gasteiger partial charge is 0.259 e. The Morgan fingerprint density at radius 1 is 1.50 bits per heavy atom. The van der Waals surface area contributed by atoms with Gasteiger partial charge in [-0.15, -0.1) is 0 Å². The van der Waals surface area contributed by atoms with Gasteiger partial charge < -0.3 is 10.5 Å². The van der Waals surface area contributed by atoms with Gasteiger partial charge in [0.2, 0.25) is 5.13 Å². The Morgan fingerprint density at radius 3 is 2.83 bits per heavy atom. The molecule has 2 rings (SSSR count). The first-order chi connectivity index (χ1) is 8.60. The van der Waals surface area contributed by atoms with Crippen LogP contribution in [0, 0.1) is 6.92 Å². The second kappa shape index (κ2) is 5.01. The Labute approximate surface area is 108 Å². The molecule has 0 aliphatic heterocycles. The quantitative estimate of drug-likeness (QED) is 0.823. The van der Waals surface area contributed by atoms with Gasteiger partial charge in [-0.3, -0.25) is 10.1 Å². The van der Waals surface area contributed by atoms with Crippen LogP contribution < -0.4 is 15.8 Å². The maximum absolute atomic E-state index is 12.0. The number of benzene rings is 1. The van der Waals surface area contributed by atoms with Crippen LogP contribution in [-0.4, -0.2) is 22.4 Å². The van der Waals surface area contributed by atoms with E-state index in [1.54, 1.807) is 32.2 Å². The van der Waals surface area contributed by atoms with Crippen LogP contribution in [0.4, 0.5) is 10.8 Å². The number of anilines is 2. The van der Waals surface area contributed by atoms with E-state index in [4.69, 9.17) is 10.5 Å². The maximum atomic E-state index is 12.0. The van der Waals surface area contributed by atoms with Crippen LogP contribution in [0.1, 0.15) is 16.2 Å². The maximum Gasteiger partial charge on any atom is 0.259 e. The largest absolute Gasteiger partial charge is 0.497 e. The number of nitrogens with two attached hydrogens (primary N) is 1. The molecule has 0 saturated carbocycles. The highest BCUT2D eigenvalue weighted by Gasteiger charge is 2.12.